The molecule has 3 aromatic rings. The van der Waals surface area contributed by atoms with Crippen LogP contribution in [0.1, 0.15) is 4.88 Å². The molecule has 1 fully saturated rings. The Bertz CT molecular complexity index is 973. The Morgan fingerprint density at radius 3 is 2.15 bits per heavy atom. The summed E-state index contributed by atoms with van der Waals surface area (Å²) in [6.07, 6.45) is 3.83. The molecule has 0 bridgehead atoms. The first-order valence-corrected chi connectivity index (χ1v) is 10.6. The number of hydrogen-bond donors (Lipinski definition) is 0. The summed E-state index contributed by atoms with van der Waals surface area (Å²) in [6.45, 7) is 4.00. The number of hydrogen-bond acceptors (Lipinski definition) is 6. The topological polar surface area (TPSA) is 71.3 Å². The van der Waals surface area contributed by atoms with Gasteiger partial charge in [0.05, 0.1) is 0 Å². The second kappa shape index (κ2) is 6.82. The highest BCUT2D eigenvalue weighted by Gasteiger charge is 2.30. The van der Waals surface area contributed by atoms with Gasteiger partial charge in [-0.1, -0.05) is 0 Å². The average molecular weight is 390 g/mol. The lowest BCUT2D eigenvalue weighted by atomic mass is 10.3. The second-order valence-corrected chi connectivity index (χ2v) is 9.55. The van der Waals surface area contributed by atoms with Crippen LogP contribution in [0.2, 0.25) is 0 Å². The number of piperazine rings is 1. The van der Waals surface area contributed by atoms with Crippen molar-refractivity contribution in [2.45, 2.75) is 11.1 Å². The van der Waals surface area contributed by atoms with E-state index in [0.717, 1.165) is 16.5 Å². The van der Waals surface area contributed by atoms with E-state index in [1.165, 1.54) is 11.3 Å². The summed E-state index contributed by atoms with van der Waals surface area (Å²) in [5, 5.41) is 8.55. The predicted molar refractivity (Wildman–Crippen MR) is 101 cm³/mol. The molecular formula is C17H19N5O2S2. The molecule has 0 saturated carbocycles. The SMILES string of the molecule is Cc1ccc(S(=O)(=O)N2CCN(c3ccc(-n4cccc4)nn3)CC2)s1. The molecule has 9 heteroatoms. The van der Waals surface area contributed by atoms with Crippen molar-refractivity contribution in [3.63, 3.8) is 0 Å². The molecule has 0 aliphatic carbocycles. The summed E-state index contributed by atoms with van der Waals surface area (Å²) >= 11 is 1.32. The monoisotopic (exact) mass is 389 g/mol. The van der Waals surface area contributed by atoms with E-state index in [1.54, 1.807) is 10.4 Å². The van der Waals surface area contributed by atoms with Crippen molar-refractivity contribution in [3.8, 4) is 5.82 Å². The van der Waals surface area contributed by atoms with Crippen LogP contribution in [0.5, 0.6) is 0 Å². The number of thiophene rings is 1. The van der Waals surface area contributed by atoms with Crippen LogP contribution in [-0.2, 0) is 10.0 Å². The Labute approximate surface area is 156 Å². The Morgan fingerprint density at radius 1 is 0.923 bits per heavy atom. The van der Waals surface area contributed by atoms with Crippen LogP contribution in [-0.4, -0.2) is 53.7 Å². The zero-order chi connectivity index (χ0) is 18.1. The molecule has 0 N–H and O–H groups in total. The third-order valence-electron chi connectivity index (χ3n) is 4.38. The number of aromatic nitrogens is 3. The Morgan fingerprint density at radius 2 is 1.58 bits per heavy atom. The van der Waals surface area contributed by atoms with Crippen LogP contribution in [0.4, 0.5) is 5.82 Å². The molecular weight excluding hydrogens is 370 g/mol. The second-order valence-electron chi connectivity index (χ2n) is 6.10. The molecule has 0 spiro atoms. The van der Waals surface area contributed by atoms with E-state index in [4.69, 9.17) is 0 Å². The lowest BCUT2D eigenvalue weighted by Gasteiger charge is -2.34. The Balaban J connectivity index is 1.43. The van der Waals surface area contributed by atoms with Crippen LogP contribution in [0.3, 0.4) is 0 Å². The van der Waals surface area contributed by atoms with Gasteiger partial charge >= 0.3 is 0 Å². The molecule has 1 aliphatic heterocycles. The number of anilines is 1. The molecule has 4 heterocycles. The molecule has 0 aromatic carbocycles. The first-order valence-electron chi connectivity index (χ1n) is 8.33. The minimum atomic E-state index is -3.40. The van der Waals surface area contributed by atoms with Crippen molar-refractivity contribution in [1.29, 1.82) is 0 Å². The van der Waals surface area contributed by atoms with Crippen molar-refractivity contribution in [2.24, 2.45) is 0 Å². The highest BCUT2D eigenvalue weighted by atomic mass is 32.2. The smallest absolute Gasteiger partial charge is 0.252 e. The maximum absolute atomic E-state index is 12.7. The van der Waals surface area contributed by atoms with Gasteiger partial charge in [0.2, 0.25) is 0 Å². The van der Waals surface area contributed by atoms with Crippen molar-refractivity contribution in [2.75, 3.05) is 31.1 Å². The quantitative estimate of drug-likeness (QED) is 0.684. The van der Waals surface area contributed by atoms with E-state index in [1.807, 2.05) is 54.2 Å². The first kappa shape index (κ1) is 17.2. The van der Waals surface area contributed by atoms with E-state index in [9.17, 15) is 8.42 Å². The van der Waals surface area contributed by atoms with Gasteiger partial charge in [0.25, 0.3) is 10.0 Å². The van der Waals surface area contributed by atoms with Crippen LogP contribution in [0, 0.1) is 6.92 Å². The van der Waals surface area contributed by atoms with Gasteiger partial charge in [-0.25, -0.2) is 8.42 Å². The van der Waals surface area contributed by atoms with E-state index >= 15 is 0 Å². The molecule has 0 radical (unpaired) electrons. The summed E-state index contributed by atoms with van der Waals surface area (Å²) < 4.78 is 29.3. The van der Waals surface area contributed by atoms with Crippen molar-refractivity contribution in [3.05, 3.63) is 53.7 Å². The molecule has 0 amide bonds. The van der Waals surface area contributed by atoms with Gasteiger partial charge in [-0.05, 0) is 43.3 Å². The number of rotatable bonds is 4. The van der Waals surface area contributed by atoms with Crippen molar-refractivity contribution < 1.29 is 8.42 Å². The van der Waals surface area contributed by atoms with E-state index in [0.29, 0.717) is 30.4 Å². The standard InChI is InChI=1S/C17H19N5O2S2/c1-14-4-7-17(25-14)26(23,24)22-12-10-21(11-13-22)16-6-5-15(18-19-16)20-8-2-3-9-20/h2-9H,10-13H2,1H3. The fourth-order valence-electron chi connectivity index (χ4n) is 2.95. The van der Waals surface area contributed by atoms with Crippen LogP contribution in [0.15, 0.2) is 53.0 Å². The molecule has 0 unspecified atom stereocenters. The third-order valence-corrected chi connectivity index (χ3v) is 7.74. The number of sulfonamides is 1. The lowest BCUT2D eigenvalue weighted by Crippen LogP contribution is -2.48. The summed E-state index contributed by atoms with van der Waals surface area (Å²) in [4.78, 5) is 3.07. The van der Waals surface area contributed by atoms with E-state index < -0.39 is 10.0 Å². The predicted octanol–water partition coefficient (Wildman–Crippen LogP) is 2.15. The highest BCUT2D eigenvalue weighted by Crippen LogP contribution is 2.25. The Kier molecular flexibility index (Phi) is 4.51. The fraction of sp³-hybridized carbons (Fsp3) is 0.294. The van der Waals surface area contributed by atoms with Crippen LogP contribution < -0.4 is 4.90 Å². The lowest BCUT2D eigenvalue weighted by molar-refractivity contribution is 0.384. The summed E-state index contributed by atoms with van der Waals surface area (Å²) in [7, 11) is -3.40. The molecule has 26 heavy (non-hydrogen) atoms. The molecule has 1 saturated heterocycles. The Hall–Kier alpha value is -2.23. The minimum Gasteiger partial charge on any atom is -0.352 e. The van der Waals surface area contributed by atoms with Gasteiger partial charge in [-0.3, -0.25) is 0 Å². The summed E-state index contributed by atoms with van der Waals surface area (Å²) in [6, 6.07) is 11.2. The molecule has 136 valence electrons. The van der Waals surface area contributed by atoms with Crippen molar-refractivity contribution in [1.82, 2.24) is 19.1 Å². The van der Waals surface area contributed by atoms with Gasteiger partial charge in [0.1, 0.15) is 4.21 Å². The minimum absolute atomic E-state index is 0.416. The summed E-state index contributed by atoms with van der Waals surface area (Å²) in [5.74, 6) is 1.53. The normalized spacial score (nSPS) is 16.1. The average Bonchev–Trinajstić information content (AvgIpc) is 3.34. The maximum Gasteiger partial charge on any atom is 0.252 e. The molecule has 0 atom stereocenters. The first-order chi connectivity index (χ1) is 12.5. The molecule has 3 aromatic heterocycles. The molecule has 4 rings (SSSR count). The van der Waals surface area contributed by atoms with Crippen LogP contribution >= 0.6 is 11.3 Å². The third kappa shape index (κ3) is 3.25. The highest BCUT2D eigenvalue weighted by molar-refractivity contribution is 7.91. The molecule has 1 aliphatic rings. The zero-order valence-corrected chi connectivity index (χ0v) is 15.9. The zero-order valence-electron chi connectivity index (χ0n) is 14.3. The van der Waals surface area contributed by atoms with Gasteiger partial charge in [0, 0.05) is 43.4 Å². The van der Waals surface area contributed by atoms with Gasteiger partial charge in [-0.2, -0.15) is 4.31 Å². The number of nitrogens with zero attached hydrogens (tertiary/aromatic N) is 5. The number of aryl methyl sites for hydroxylation is 1. The van der Waals surface area contributed by atoms with E-state index in [2.05, 4.69) is 15.1 Å². The van der Waals surface area contributed by atoms with Gasteiger partial charge in [0.15, 0.2) is 11.6 Å². The van der Waals surface area contributed by atoms with Gasteiger partial charge in [-0.15, -0.1) is 21.5 Å². The van der Waals surface area contributed by atoms with Gasteiger partial charge < -0.3 is 9.47 Å². The van der Waals surface area contributed by atoms with Crippen molar-refractivity contribution >= 4 is 27.2 Å². The summed E-state index contributed by atoms with van der Waals surface area (Å²) in [5.41, 5.74) is 0. The van der Waals surface area contributed by atoms with Crippen LogP contribution in [0.25, 0.3) is 5.82 Å². The molecule has 7 nitrogen and oxygen atoms in total. The maximum atomic E-state index is 12.7. The largest absolute Gasteiger partial charge is 0.352 e. The fourth-order valence-corrected chi connectivity index (χ4v) is 5.81. The van der Waals surface area contributed by atoms with E-state index in [-0.39, 0.29) is 0 Å².